The molecule has 1 aliphatic heterocycles. The molecule has 29 heavy (non-hydrogen) atoms. The summed E-state index contributed by atoms with van der Waals surface area (Å²) in [6.07, 6.45) is 0. The highest BCUT2D eigenvalue weighted by atomic mass is 35.5. The SMILES string of the molecule is Clc1ccc(C2=NC(c3ccccc3)(c3ccccc3)c3cc(Cl)ccc32)cc1. The topological polar surface area (TPSA) is 12.4 Å². The minimum absolute atomic E-state index is 0.655. The number of hydrogen-bond acceptors (Lipinski definition) is 1. The first-order valence-corrected chi connectivity index (χ1v) is 10.2. The fraction of sp³-hybridized carbons (Fsp3) is 0.0385. The Morgan fingerprint density at radius 2 is 1.14 bits per heavy atom. The zero-order valence-electron chi connectivity index (χ0n) is 15.5. The Morgan fingerprint density at radius 1 is 0.586 bits per heavy atom. The van der Waals surface area contributed by atoms with Crippen molar-refractivity contribution in [3.63, 3.8) is 0 Å². The Labute approximate surface area is 180 Å². The van der Waals surface area contributed by atoms with Gasteiger partial charge in [0.25, 0.3) is 0 Å². The van der Waals surface area contributed by atoms with Gasteiger partial charge < -0.3 is 0 Å². The molecule has 0 saturated carbocycles. The molecule has 0 spiro atoms. The molecular formula is C26H17Cl2N. The minimum atomic E-state index is -0.655. The third kappa shape index (κ3) is 2.98. The molecule has 4 aromatic rings. The van der Waals surface area contributed by atoms with Gasteiger partial charge in [0, 0.05) is 21.2 Å². The largest absolute Gasteiger partial charge is 0.263 e. The van der Waals surface area contributed by atoms with E-state index in [0.717, 1.165) is 33.5 Å². The van der Waals surface area contributed by atoms with E-state index in [1.54, 1.807) is 0 Å². The van der Waals surface area contributed by atoms with Crippen molar-refractivity contribution in [2.45, 2.75) is 5.54 Å². The Morgan fingerprint density at radius 3 is 1.72 bits per heavy atom. The van der Waals surface area contributed by atoms with Gasteiger partial charge in [-0.05, 0) is 41.0 Å². The highest BCUT2D eigenvalue weighted by Crippen LogP contribution is 2.48. The van der Waals surface area contributed by atoms with Crippen LogP contribution in [0.2, 0.25) is 10.0 Å². The summed E-state index contributed by atoms with van der Waals surface area (Å²) < 4.78 is 0. The molecule has 1 nitrogen and oxygen atoms in total. The molecule has 0 bridgehead atoms. The molecule has 1 aliphatic rings. The van der Waals surface area contributed by atoms with Crippen LogP contribution in [0.25, 0.3) is 0 Å². The molecule has 0 unspecified atom stereocenters. The number of hydrogen-bond donors (Lipinski definition) is 0. The van der Waals surface area contributed by atoms with Gasteiger partial charge in [0.2, 0.25) is 0 Å². The Kier molecular flexibility index (Phi) is 4.50. The zero-order valence-corrected chi connectivity index (χ0v) is 17.0. The van der Waals surface area contributed by atoms with Gasteiger partial charge in [0.15, 0.2) is 0 Å². The van der Waals surface area contributed by atoms with E-state index in [9.17, 15) is 0 Å². The maximum atomic E-state index is 6.47. The molecular weight excluding hydrogens is 397 g/mol. The van der Waals surface area contributed by atoms with E-state index in [1.165, 1.54) is 0 Å². The minimum Gasteiger partial charge on any atom is -0.263 e. The molecule has 1 heterocycles. The van der Waals surface area contributed by atoms with Gasteiger partial charge in [0.1, 0.15) is 5.54 Å². The van der Waals surface area contributed by atoms with Crippen molar-refractivity contribution in [2.24, 2.45) is 4.99 Å². The molecule has 4 aromatic carbocycles. The standard InChI is InChI=1S/C26H17Cl2N/c27-21-13-11-18(12-14-21)25-23-16-15-22(28)17-24(23)26(29-25,19-7-3-1-4-8-19)20-9-5-2-6-10-20/h1-17H. The predicted octanol–water partition coefficient (Wildman–Crippen LogP) is 7.14. The Balaban J connectivity index is 1.87. The summed E-state index contributed by atoms with van der Waals surface area (Å²) >= 11 is 12.6. The second kappa shape index (κ2) is 7.18. The van der Waals surface area contributed by atoms with Crippen LogP contribution in [0.15, 0.2) is 108 Å². The van der Waals surface area contributed by atoms with E-state index >= 15 is 0 Å². The van der Waals surface area contributed by atoms with Crippen molar-refractivity contribution >= 4 is 28.9 Å². The van der Waals surface area contributed by atoms with E-state index in [0.29, 0.717) is 10.0 Å². The van der Waals surface area contributed by atoms with Crippen molar-refractivity contribution in [1.29, 1.82) is 0 Å². The summed E-state index contributed by atoms with van der Waals surface area (Å²) in [5.74, 6) is 0. The van der Waals surface area contributed by atoms with Crippen LogP contribution in [0, 0.1) is 0 Å². The van der Waals surface area contributed by atoms with Gasteiger partial charge in [-0.3, -0.25) is 4.99 Å². The van der Waals surface area contributed by atoms with Gasteiger partial charge >= 0.3 is 0 Å². The third-order valence-electron chi connectivity index (χ3n) is 5.41. The molecule has 5 rings (SSSR count). The van der Waals surface area contributed by atoms with Gasteiger partial charge in [-0.25, -0.2) is 0 Å². The first kappa shape index (κ1) is 18.2. The van der Waals surface area contributed by atoms with Crippen molar-refractivity contribution in [2.75, 3.05) is 0 Å². The van der Waals surface area contributed by atoms with Crippen LogP contribution in [-0.2, 0) is 5.54 Å². The molecule has 0 aromatic heterocycles. The van der Waals surface area contributed by atoms with Crippen LogP contribution >= 0.6 is 23.2 Å². The first-order valence-electron chi connectivity index (χ1n) is 9.46. The second-order valence-corrected chi connectivity index (χ2v) is 7.97. The fourth-order valence-corrected chi connectivity index (χ4v) is 4.40. The van der Waals surface area contributed by atoms with E-state index in [1.807, 2.05) is 48.5 Å². The Bertz CT molecular complexity index is 1160. The van der Waals surface area contributed by atoms with E-state index in [-0.39, 0.29) is 0 Å². The summed E-state index contributed by atoms with van der Waals surface area (Å²) in [5, 5.41) is 1.41. The number of rotatable bonds is 3. The molecule has 0 fully saturated rings. The average molecular weight is 414 g/mol. The van der Waals surface area contributed by atoms with Crippen LogP contribution < -0.4 is 0 Å². The zero-order chi connectivity index (χ0) is 19.8. The van der Waals surface area contributed by atoms with E-state index in [2.05, 4.69) is 54.6 Å². The van der Waals surface area contributed by atoms with Gasteiger partial charge in [-0.15, -0.1) is 0 Å². The van der Waals surface area contributed by atoms with Crippen LogP contribution in [0.1, 0.15) is 27.8 Å². The summed E-state index contributed by atoms with van der Waals surface area (Å²) in [6.45, 7) is 0. The lowest BCUT2D eigenvalue weighted by atomic mass is 9.77. The number of aliphatic imine (C=N–C) groups is 1. The number of benzene rings is 4. The van der Waals surface area contributed by atoms with Crippen molar-refractivity contribution in [1.82, 2.24) is 0 Å². The van der Waals surface area contributed by atoms with Crippen LogP contribution in [0.5, 0.6) is 0 Å². The fourth-order valence-electron chi connectivity index (χ4n) is 4.10. The van der Waals surface area contributed by atoms with Crippen LogP contribution in [-0.4, -0.2) is 5.71 Å². The highest BCUT2D eigenvalue weighted by molar-refractivity contribution is 6.31. The maximum absolute atomic E-state index is 6.47. The smallest absolute Gasteiger partial charge is 0.137 e. The molecule has 140 valence electrons. The molecule has 0 aliphatic carbocycles. The molecule has 0 atom stereocenters. The highest BCUT2D eigenvalue weighted by Gasteiger charge is 2.43. The molecule has 0 N–H and O–H groups in total. The Hall–Kier alpha value is -2.87. The lowest BCUT2D eigenvalue weighted by molar-refractivity contribution is 0.672. The molecule has 0 radical (unpaired) electrons. The predicted molar refractivity (Wildman–Crippen MR) is 121 cm³/mol. The third-order valence-corrected chi connectivity index (χ3v) is 5.89. The lowest BCUT2D eigenvalue weighted by Gasteiger charge is -2.29. The van der Waals surface area contributed by atoms with Crippen LogP contribution in [0.4, 0.5) is 0 Å². The number of fused-ring (bicyclic) bond motifs is 1. The van der Waals surface area contributed by atoms with E-state index < -0.39 is 5.54 Å². The first-order chi connectivity index (χ1) is 14.2. The van der Waals surface area contributed by atoms with E-state index in [4.69, 9.17) is 28.2 Å². The summed E-state index contributed by atoms with van der Waals surface area (Å²) in [4.78, 5) is 5.38. The second-order valence-electron chi connectivity index (χ2n) is 7.10. The number of nitrogens with zero attached hydrogens (tertiary/aromatic N) is 1. The lowest BCUT2D eigenvalue weighted by Crippen LogP contribution is -2.25. The summed E-state index contributed by atoms with van der Waals surface area (Å²) in [6, 6.07) is 34.7. The monoisotopic (exact) mass is 413 g/mol. The van der Waals surface area contributed by atoms with Crippen molar-refractivity contribution < 1.29 is 0 Å². The molecule has 3 heteroatoms. The maximum Gasteiger partial charge on any atom is 0.137 e. The van der Waals surface area contributed by atoms with Crippen LogP contribution in [0.3, 0.4) is 0 Å². The normalized spacial score (nSPS) is 14.3. The van der Waals surface area contributed by atoms with Gasteiger partial charge in [0.05, 0.1) is 5.71 Å². The average Bonchev–Trinajstić information content (AvgIpc) is 3.11. The van der Waals surface area contributed by atoms with Gasteiger partial charge in [-0.1, -0.05) is 102 Å². The molecule has 0 amide bonds. The summed E-state index contributed by atoms with van der Waals surface area (Å²) in [7, 11) is 0. The molecule has 0 saturated heterocycles. The summed E-state index contributed by atoms with van der Waals surface area (Å²) in [5.41, 5.74) is 5.72. The quantitative estimate of drug-likeness (QED) is 0.338. The van der Waals surface area contributed by atoms with Crippen molar-refractivity contribution in [3.05, 3.63) is 141 Å². The van der Waals surface area contributed by atoms with Gasteiger partial charge in [-0.2, -0.15) is 0 Å². The van der Waals surface area contributed by atoms with Crippen molar-refractivity contribution in [3.8, 4) is 0 Å². The number of halogens is 2.